The van der Waals surface area contributed by atoms with Crippen LogP contribution in [0.3, 0.4) is 0 Å². The fraction of sp³-hybridized carbons (Fsp3) is 0.0833. The summed E-state index contributed by atoms with van der Waals surface area (Å²) in [5.74, 6) is 1.46. The molecule has 2 aromatic rings. The fourth-order valence-electron chi connectivity index (χ4n) is 1.35. The van der Waals surface area contributed by atoms with Crippen molar-refractivity contribution in [2.24, 2.45) is 5.73 Å². The molecule has 0 aliphatic carbocycles. The Labute approximate surface area is 102 Å². The molecule has 0 unspecified atom stereocenters. The van der Waals surface area contributed by atoms with Gasteiger partial charge in [0, 0.05) is 22.8 Å². The van der Waals surface area contributed by atoms with Crippen molar-refractivity contribution in [1.82, 2.24) is 4.98 Å². The van der Waals surface area contributed by atoms with Crippen LogP contribution in [0.1, 0.15) is 5.56 Å². The lowest BCUT2D eigenvalue weighted by molar-refractivity contribution is 0.473. The van der Waals surface area contributed by atoms with Crippen molar-refractivity contribution in [2.45, 2.75) is 6.54 Å². The van der Waals surface area contributed by atoms with E-state index in [0.717, 1.165) is 15.8 Å². The second-order valence-corrected chi connectivity index (χ2v) is 4.17. The molecule has 2 rings (SSSR count). The molecule has 0 aliphatic heterocycles. The number of aromatic nitrogens is 1. The number of nitrogens with zero attached hydrogens (tertiary/aromatic N) is 1. The van der Waals surface area contributed by atoms with E-state index in [1.165, 1.54) is 0 Å². The molecule has 0 saturated carbocycles. The molecule has 0 fully saturated rings. The summed E-state index contributed by atoms with van der Waals surface area (Å²) < 4.78 is 6.59. The van der Waals surface area contributed by atoms with Crippen LogP contribution in [0.5, 0.6) is 11.5 Å². The molecule has 0 atom stereocenters. The van der Waals surface area contributed by atoms with E-state index < -0.39 is 0 Å². The Balaban J connectivity index is 2.26. The first-order chi connectivity index (χ1) is 7.79. The third-order valence-electron chi connectivity index (χ3n) is 2.10. The number of hydrogen-bond acceptors (Lipinski definition) is 3. The lowest BCUT2D eigenvalue weighted by atomic mass is 10.2. The van der Waals surface area contributed by atoms with Gasteiger partial charge in [0.1, 0.15) is 11.5 Å². The van der Waals surface area contributed by atoms with E-state index >= 15 is 0 Å². The van der Waals surface area contributed by atoms with Crippen LogP contribution < -0.4 is 10.5 Å². The molecule has 0 spiro atoms. The molecule has 0 radical (unpaired) electrons. The molecule has 1 aromatic carbocycles. The molecular formula is C12H11BrN2O. The molecule has 1 heterocycles. The number of halogens is 1. The summed E-state index contributed by atoms with van der Waals surface area (Å²) in [5.41, 5.74) is 6.60. The molecular weight excluding hydrogens is 268 g/mol. The summed E-state index contributed by atoms with van der Waals surface area (Å²) in [6.07, 6.45) is 3.37. The first kappa shape index (κ1) is 11.1. The highest BCUT2D eigenvalue weighted by Gasteiger charge is 2.03. The zero-order chi connectivity index (χ0) is 11.4. The normalized spacial score (nSPS) is 10.1. The summed E-state index contributed by atoms with van der Waals surface area (Å²) in [6, 6.07) is 9.55. The van der Waals surface area contributed by atoms with Crippen LogP contribution in [0.2, 0.25) is 0 Å². The van der Waals surface area contributed by atoms with Crippen LogP contribution in [0.25, 0.3) is 0 Å². The van der Waals surface area contributed by atoms with Crippen molar-refractivity contribution in [3.05, 3.63) is 52.8 Å². The Bertz CT molecular complexity index is 488. The van der Waals surface area contributed by atoms with Gasteiger partial charge in [-0.25, -0.2) is 0 Å². The monoisotopic (exact) mass is 278 g/mol. The Morgan fingerprint density at radius 1 is 1.25 bits per heavy atom. The lowest BCUT2D eigenvalue weighted by Gasteiger charge is -2.09. The first-order valence-electron chi connectivity index (χ1n) is 4.86. The molecule has 16 heavy (non-hydrogen) atoms. The van der Waals surface area contributed by atoms with Crippen molar-refractivity contribution < 1.29 is 4.74 Å². The zero-order valence-electron chi connectivity index (χ0n) is 8.56. The summed E-state index contributed by atoms with van der Waals surface area (Å²) in [5, 5.41) is 0. The van der Waals surface area contributed by atoms with E-state index in [1.807, 2.05) is 30.3 Å². The Morgan fingerprint density at radius 3 is 2.81 bits per heavy atom. The summed E-state index contributed by atoms with van der Waals surface area (Å²) in [4.78, 5) is 4.03. The van der Waals surface area contributed by atoms with Crippen molar-refractivity contribution in [2.75, 3.05) is 0 Å². The van der Waals surface area contributed by atoms with Crippen LogP contribution >= 0.6 is 15.9 Å². The maximum absolute atomic E-state index is 5.71. The SMILES string of the molecule is NCc1ccccc1Oc1cncc(Br)c1. The molecule has 0 aliphatic rings. The number of rotatable bonds is 3. The summed E-state index contributed by atoms with van der Waals surface area (Å²) >= 11 is 3.34. The number of nitrogens with two attached hydrogens (primary N) is 1. The standard InChI is InChI=1S/C12H11BrN2O/c13-10-5-11(8-15-7-10)16-12-4-2-1-3-9(12)6-14/h1-5,7-8H,6,14H2. The quantitative estimate of drug-likeness (QED) is 0.939. The second kappa shape index (κ2) is 5.09. The third-order valence-corrected chi connectivity index (χ3v) is 2.53. The third kappa shape index (κ3) is 2.59. The van der Waals surface area contributed by atoms with Gasteiger partial charge in [-0.05, 0) is 28.1 Å². The van der Waals surface area contributed by atoms with Gasteiger partial charge in [0.2, 0.25) is 0 Å². The Kier molecular flexibility index (Phi) is 3.54. The van der Waals surface area contributed by atoms with Crippen LogP contribution in [0.4, 0.5) is 0 Å². The number of benzene rings is 1. The van der Waals surface area contributed by atoms with Gasteiger partial charge in [0.15, 0.2) is 0 Å². The Hall–Kier alpha value is -1.39. The van der Waals surface area contributed by atoms with Gasteiger partial charge in [-0.15, -0.1) is 0 Å². The van der Waals surface area contributed by atoms with Crippen molar-refractivity contribution in [3.8, 4) is 11.5 Å². The van der Waals surface area contributed by atoms with E-state index in [-0.39, 0.29) is 0 Å². The maximum Gasteiger partial charge on any atom is 0.146 e. The number of hydrogen-bond donors (Lipinski definition) is 1. The van der Waals surface area contributed by atoms with Crippen LogP contribution in [0, 0.1) is 0 Å². The van der Waals surface area contributed by atoms with Crippen LogP contribution in [-0.2, 0) is 6.54 Å². The van der Waals surface area contributed by atoms with Crippen molar-refractivity contribution in [1.29, 1.82) is 0 Å². The number of para-hydroxylation sites is 1. The number of ether oxygens (including phenoxy) is 1. The van der Waals surface area contributed by atoms with Gasteiger partial charge in [-0.1, -0.05) is 18.2 Å². The van der Waals surface area contributed by atoms with Crippen LogP contribution in [0.15, 0.2) is 47.2 Å². The average molecular weight is 279 g/mol. The van der Waals surface area contributed by atoms with E-state index in [9.17, 15) is 0 Å². The minimum Gasteiger partial charge on any atom is -0.455 e. The average Bonchev–Trinajstić information content (AvgIpc) is 2.30. The molecule has 4 heteroatoms. The van der Waals surface area contributed by atoms with Gasteiger partial charge in [0.25, 0.3) is 0 Å². The maximum atomic E-state index is 5.71. The van der Waals surface area contributed by atoms with Crippen molar-refractivity contribution >= 4 is 15.9 Å². The summed E-state index contributed by atoms with van der Waals surface area (Å²) in [7, 11) is 0. The molecule has 0 amide bonds. The molecule has 3 nitrogen and oxygen atoms in total. The predicted octanol–water partition coefficient (Wildman–Crippen LogP) is 3.10. The minimum atomic E-state index is 0.456. The predicted molar refractivity (Wildman–Crippen MR) is 66.3 cm³/mol. The van der Waals surface area contributed by atoms with E-state index in [4.69, 9.17) is 10.5 Å². The van der Waals surface area contributed by atoms with E-state index in [1.54, 1.807) is 12.4 Å². The topological polar surface area (TPSA) is 48.1 Å². The van der Waals surface area contributed by atoms with Crippen LogP contribution in [-0.4, -0.2) is 4.98 Å². The van der Waals surface area contributed by atoms with Gasteiger partial charge in [-0.2, -0.15) is 0 Å². The van der Waals surface area contributed by atoms with E-state index in [0.29, 0.717) is 12.3 Å². The molecule has 0 saturated heterocycles. The zero-order valence-corrected chi connectivity index (χ0v) is 10.1. The Morgan fingerprint density at radius 2 is 2.06 bits per heavy atom. The second-order valence-electron chi connectivity index (χ2n) is 3.25. The number of pyridine rings is 1. The molecule has 2 N–H and O–H groups in total. The smallest absolute Gasteiger partial charge is 0.146 e. The van der Waals surface area contributed by atoms with E-state index in [2.05, 4.69) is 20.9 Å². The highest BCUT2D eigenvalue weighted by atomic mass is 79.9. The lowest BCUT2D eigenvalue weighted by Crippen LogP contribution is -1.99. The molecule has 0 bridgehead atoms. The largest absolute Gasteiger partial charge is 0.455 e. The van der Waals surface area contributed by atoms with Crippen molar-refractivity contribution in [3.63, 3.8) is 0 Å². The fourth-order valence-corrected chi connectivity index (χ4v) is 1.69. The van der Waals surface area contributed by atoms with Gasteiger partial charge < -0.3 is 10.5 Å². The van der Waals surface area contributed by atoms with Gasteiger partial charge in [0.05, 0.1) is 6.20 Å². The summed E-state index contributed by atoms with van der Waals surface area (Å²) in [6.45, 7) is 0.456. The highest BCUT2D eigenvalue weighted by molar-refractivity contribution is 9.10. The molecule has 1 aromatic heterocycles. The van der Waals surface area contributed by atoms with Gasteiger partial charge >= 0.3 is 0 Å². The van der Waals surface area contributed by atoms with Gasteiger partial charge in [-0.3, -0.25) is 4.98 Å². The highest BCUT2D eigenvalue weighted by Crippen LogP contribution is 2.25. The molecule has 82 valence electrons. The first-order valence-corrected chi connectivity index (χ1v) is 5.65. The minimum absolute atomic E-state index is 0.456.